The summed E-state index contributed by atoms with van der Waals surface area (Å²) in [6, 6.07) is 0. The molecule has 546 valence electrons. The van der Waals surface area contributed by atoms with Crippen molar-refractivity contribution in [3.63, 3.8) is 0 Å². The first-order valence-corrected chi connectivity index (χ1v) is 40.8. The lowest BCUT2D eigenvalue weighted by Crippen LogP contribution is -2.30. The molecule has 0 saturated carbocycles. The van der Waals surface area contributed by atoms with Gasteiger partial charge in [-0.25, -0.2) is 9.13 Å². The third kappa shape index (κ3) is 64.1. The molecule has 0 bridgehead atoms. The van der Waals surface area contributed by atoms with E-state index in [1.54, 1.807) is 0 Å². The van der Waals surface area contributed by atoms with Gasteiger partial charge in [-0.3, -0.25) is 37.3 Å². The van der Waals surface area contributed by atoms with Gasteiger partial charge in [0.25, 0.3) is 0 Å². The first kappa shape index (κ1) is 90.1. The molecule has 0 aromatic heterocycles. The largest absolute Gasteiger partial charge is 0.472 e. The smallest absolute Gasteiger partial charge is 0.462 e. The molecule has 0 fully saturated rings. The maximum absolute atomic E-state index is 13.0. The Labute approximate surface area is 562 Å². The third-order valence-electron chi connectivity index (χ3n) is 17.5. The Kier molecular flexibility index (Phi) is 61.3. The van der Waals surface area contributed by atoms with Crippen molar-refractivity contribution in [3.8, 4) is 0 Å². The lowest BCUT2D eigenvalue weighted by molar-refractivity contribution is -0.161. The second kappa shape index (κ2) is 62.6. The average Bonchev–Trinajstić information content (AvgIpc) is 1.85. The van der Waals surface area contributed by atoms with E-state index in [9.17, 15) is 43.2 Å². The van der Waals surface area contributed by atoms with Crippen LogP contribution < -0.4 is 0 Å². The monoisotopic (exact) mass is 1350 g/mol. The molecule has 0 aromatic rings. The SMILES string of the molecule is CCC(C)CCCCCCCCCCCCCCCCCCCCC(=O)O[C@H](COC(=O)CCCCCCCCC(C)C)COP(=O)(O)OC[C@H](O)COP(=O)(O)OC[C@@H](COC(=O)CCCCCCCCC(C)CC)OC(=O)CCCCCCCCCCC(C)C. The second-order valence-electron chi connectivity index (χ2n) is 27.8. The van der Waals surface area contributed by atoms with Crippen molar-refractivity contribution in [2.75, 3.05) is 39.6 Å². The van der Waals surface area contributed by atoms with Crippen molar-refractivity contribution in [2.45, 2.75) is 382 Å². The number of unbranched alkanes of at least 4 members (excludes halogenated alkanes) is 34. The molecule has 0 amide bonds. The van der Waals surface area contributed by atoms with E-state index in [0.29, 0.717) is 31.6 Å². The van der Waals surface area contributed by atoms with Gasteiger partial charge in [-0.05, 0) is 49.4 Å². The fourth-order valence-electron chi connectivity index (χ4n) is 11.0. The van der Waals surface area contributed by atoms with Gasteiger partial charge in [0.05, 0.1) is 26.4 Å². The van der Waals surface area contributed by atoms with E-state index in [0.717, 1.165) is 120 Å². The summed E-state index contributed by atoms with van der Waals surface area (Å²) in [5.41, 5.74) is 0. The van der Waals surface area contributed by atoms with Gasteiger partial charge in [-0.2, -0.15) is 0 Å². The zero-order chi connectivity index (χ0) is 68.2. The van der Waals surface area contributed by atoms with Crippen LogP contribution in [-0.2, 0) is 65.4 Å². The van der Waals surface area contributed by atoms with E-state index < -0.39 is 97.5 Å². The molecular formula is C73H142O17P2. The van der Waals surface area contributed by atoms with E-state index >= 15 is 0 Å². The van der Waals surface area contributed by atoms with Crippen LogP contribution in [0.25, 0.3) is 0 Å². The maximum atomic E-state index is 13.0. The van der Waals surface area contributed by atoms with Crippen LogP contribution >= 0.6 is 15.6 Å². The Morgan fingerprint density at radius 3 is 0.772 bits per heavy atom. The quantitative estimate of drug-likeness (QED) is 0.0222. The first-order valence-electron chi connectivity index (χ1n) is 37.8. The molecule has 0 aliphatic heterocycles. The number of phosphoric ester groups is 2. The van der Waals surface area contributed by atoms with Gasteiger partial charge in [0.1, 0.15) is 19.3 Å². The summed E-state index contributed by atoms with van der Waals surface area (Å²) in [6.07, 6.45) is 46.2. The van der Waals surface area contributed by atoms with Crippen molar-refractivity contribution in [1.82, 2.24) is 0 Å². The zero-order valence-electron chi connectivity index (χ0n) is 60.2. The predicted octanol–water partition coefficient (Wildman–Crippen LogP) is 20.9. The highest BCUT2D eigenvalue weighted by atomic mass is 31.2. The van der Waals surface area contributed by atoms with Crippen molar-refractivity contribution < 1.29 is 80.2 Å². The lowest BCUT2D eigenvalue weighted by atomic mass is 9.99. The summed E-state index contributed by atoms with van der Waals surface area (Å²) in [7, 11) is -9.90. The number of esters is 4. The number of carbonyl (C=O) groups is 4. The number of rotatable bonds is 70. The Hall–Kier alpha value is -1.94. The fraction of sp³-hybridized carbons (Fsp3) is 0.945. The number of ether oxygens (including phenoxy) is 4. The molecule has 3 N–H and O–H groups in total. The standard InChI is InChI=1S/C73H142O17P2/c1-9-65(7)51-43-35-26-21-19-17-15-13-11-12-14-16-18-20-22-27-39-47-55-72(77)89-68(59-83-70(75)53-45-37-31-29-34-42-50-64(5)6)61-87-91(79,80)85-57-67(74)58-86-92(81,82)88-62-69(60-84-71(76)54-46-38-32-30-36-44-52-66(8)10-2)90-73(78)56-48-40-28-24-23-25-33-41-49-63(3)4/h63-69,74H,9-62H2,1-8H3,(H,79,80)(H,81,82)/t65?,66?,67-,68+,69+/m0/s1. The van der Waals surface area contributed by atoms with Gasteiger partial charge in [0.15, 0.2) is 12.2 Å². The highest BCUT2D eigenvalue weighted by molar-refractivity contribution is 7.47. The molecule has 19 heteroatoms. The molecule has 92 heavy (non-hydrogen) atoms. The van der Waals surface area contributed by atoms with Gasteiger partial charge >= 0.3 is 39.5 Å². The highest BCUT2D eigenvalue weighted by Crippen LogP contribution is 2.45. The molecule has 0 aliphatic carbocycles. The number of hydrogen-bond donors (Lipinski definition) is 3. The minimum Gasteiger partial charge on any atom is -0.462 e. The van der Waals surface area contributed by atoms with Crippen molar-refractivity contribution >= 4 is 39.5 Å². The Morgan fingerprint density at radius 2 is 0.522 bits per heavy atom. The van der Waals surface area contributed by atoms with E-state index in [1.807, 2.05) is 0 Å². The van der Waals surface area contributed by atoms with Crippen LogP contribution in [0.2, 0.25) is 0 Å². The van der Waals surface area contributed by atoms with E-state index in [-0.39, 0.29) is 25.7 Å². The van der Waals surface area contributed by atoms with Gasteiger partial charge in [0.2, 0.25) is 0 Å². The van der Waals surface area contributed by atoms with Crippen LogP contribution in [0, 0.1) is 23.7 Å². The number of phosphoric acid groups is 2. The third-order valence-corrected chi connectivity index (χ3v) is 19.4. The van der Waals surface area contributed by atoms with Crippen molar-refractivity contribution in [2.24, 2.45) is 23.7 Å². The molecule has 4 unspecified atom stereocenters. The van der Waals surface area contributed by atoms with Gasteiger partial charge in [-0.1, -0.05) is 312 Å². The number of aliphatic hydroxyl groups is 1. The van der Waals surface area contributed by atoms with Crippen molar-refractivity contribution in [3.05, 3.63) is 0 Å². The number of aliphatic hydroxyl groups excluding tert-OH is 1. The van der Waals surface area contributed by atoms with Gasteiger partial charge < -0.3 is 33.8 Å². The predicted molar refractivity (Wildman–Crippen MR) is 372 cm³/mol. The highest BCUT2D eigenvalue weighted by Gasteiger charge is 2.30. The molecule has 0 saturated heterocycles. The first-order chi connectivity index (χ1) is 44.2. The summed E-state index contributed by atoms with van der Waals surface area (Å²) in [6.45, 7) is 14.1. The zero-order valence-corrected chi connectivity index (χ0v) is 62.0. The minimum absolute atomic E-state index is 0.103. The average molecular weight is 1350 g/mol. The number of hydrogen-bond acceptors (Lipinski definition) is 15. The summed E-state index contributed by atoms with van der Waals surface area (Å²) >= 11 is 0. The summed E-state index contributed by atoms with van der Waals surface area (Å²) < 4.78 is 68.3. The Bertz CT molecular complexity index is 1820. The molecule has 0 aromatic carbocycles. The van der Waals surface area contributed by atoms with Crippen LogP contribution in [-0.4, -0.2) is 96.7 Å². The second-order valence-corrected chi connectivity index (χ2v) is 30.7. The molecule has 0 aliphatic rings. The van der Waals surface area contributed by atoms with Crippen LogP contribution in [0.4, 0.5) is 0 Å². The summed E-state index contributed by atoms with van der Waals surface area (Å²) in [5.74, 6) is 0.868. The van der Waals surface area contributed by atoms with E-state index in [4.69, 9.17) is 37.0 Å². The van der Waals surface area contributed by atoms with E-state index in [1.165, 1.54) is 154 Å². The molecule has 0 spiro atoms. The molecule has 0 heterocycles. The van der Waals surface area contributed by atoms with Crippen LogP contribution in [0.3, 0.4) is 0 Å². The molecule has 17 nitrogen and oxygen atoms in total. The summed E-state index contributed by atoms with van der Waals surface area (Å²) in [5, 5.41) is 10.6. The number of carbonyl (C=O) groups excluding carboxylic acids is 4. The Morgan fingerprint density at radius 1 is 0.304 bits per heavy atom. The summed E-state index contributed by atoms with van der Waals surface area (Å²) in [4.78, 5) is 72.5. The van der Waals surface area contributed by atoms with Gasteiger partial charge in [-0.15, -0.1) is 0 Å². The molecule has 0 radical (unpaired) electrons. The molecule has 0 rings (SSSR count). The maximum Gasteiger partial charge on any atom is 0.472 e. The van der Waals surface area contributed by atoms with Crippen LogP contribution in [0.15, 0.2) is 0 Å². The van der Waals surface area contributed by atoms with Crippen LogP contribution in [0.1, 0.15) is 364 Å². The van der Waals surface area contributed by atoms with Crippen LogP contribution in [0.5, 0.6) is 0 Å². The molecular weight excluding hydrogens is 1210 g/mol. The minimum atomic E-state index is -4.95. The van der Waals surface area contributed by atoms with Gasteiger partial charge in [0, 0.05) is 25.7 Å². The normalized spacial score (nSPS) is 14.8. The fourth-order valence-corrected chi connectivity index (χ4v) is 12.5. The lowest BCUT2D eigenvalue weighted by Gasteiger charge is -2.21. The topological polar surface area (TPSA) is 237 Å². The van der Waals surface area contributed by atoms with Crippen molar-refractivity contribution in [1.29, 1.82) is 0 Å². The molecule has 7 atom stereocenters. The van der Waals surface area contributed by atoms with E-state index in [2.05, 4.69) is 55.4 Å². The Balaban J connectivity index is 5.14.